The molecule has 4 heteroatoms. The van der Waals surface area contributed by atoms with Gasteiger partial charge < -0.3 is 10.6 Å². The van der Waals surface area contributed by atoms with Crippen LogP contribution in [0.2, 0.25) is 0 Å². The lowest BCUT2D eigenvalue weighted by Crippen LogP contribution is -2.23. The van der Waals surface area contributed by atoms with E-state index in [2.05, 4.69) is 24.5 Å². The number of fused-ring (bicyclic) bond motifs is 2. The molecule has 0 fully saturated rings. The highest BCUT2D eigenvalue weighted by molar-refractivity contribution is 6.30. The van der Waals surface area contributed by atoms with Gasteiger partial charge in [-0.3, -0.25) is 9.59 Å². The Balaban J connectivity index is 2.04. The molecule has 0 radical (unpaired) electrons. The Morgan fingerprint density at radius 1 is 0.769 bits per heavy atom. The van der Waals surface area contributed by atoms with Crippen LogP contribution in [0, 0.1) is 0 Å². The summed E-state index contributed by atoms with van der Waals surface area (Å²) in [6, 6.07) is 10.9. The third kappa shape index (κ3) is 3.50. The monoisotopic (exact) mass is 350 g/mol. The molecular weight excluding hydrogens is 324 g/mol. The predicted molar refractivity (Wildman–Crippen MR) is 107 cm³/mol. The predicted octanol–water partition coefficient (Wildman–Crippen LogP) is 4.89. The lowest BCUT2D eigenvalue weighted by atomic mass is 9.83. The van der Waals surface area contributed by atoms with Crippen molar-refractivity contribution in [2.75, 3.05) is 23.7 Å². The highest BCUT2D eigenvalue weighted by Gasteiger charge is 2.32. The Bertz CT molecular complexity index is 827. The van der Waals surface area contributed by atoms with E-state index < -0.39 is 0 Å². The van der Waals surface area contributed by atoms with Gasteiger partial charge in [-0.15, -0.1) is 0 Å². The number of benzene rings is 2. The molecule has 0 atom stereocenters. The Morgan fingerprint density at radius 3 is 2.04 bits per heavy atom. The van der Waals surface area contributed by atoms with Gasteiger partial charge in [0.2, 0.25) is 0 Å². The van der Waals surface area contributed by atoms with Gasteiger partial charge >= 0.3 is 0 Å². The second-order valence-electron chi connectivity index (χ2n) is 6.71. The van der Waals surface area contributed by atoms with E-state index in [0.717, 1.165) is 50.1 Å². The molecule has 4 nitrogen and oxygen atoms in total. The summed E-state index contributed by atoms with van der Waals surface area (Å²) in [7, 11) is 0. The van der Waals surface area contributed by atoms with Crippen LogP contribution in [-0.4, -0.2) is 24.7 Å². The summed E-state index contributed by atoms with van der Waals surface area (Å²) in [5.74, 6) is -0.151. The Hall–Kier alpha value is -2.62. The maximum absolute atomic E-state index is 13.1. The summed E-state index contributed by atoms with van der Waals surface area (Å²) in [5.41, 5.74) is 3.63. The fourth-order valence-electron chi connectivity index (χ4n) is 3.28. The Morgan fingerprint density at radius 2 is 1.38 bits per heavy atom. The highest BCUT2D eigenvalue weighted by atomic mass is 16.1. The van der Waals surface area contributed by atoms with Crippen LogP contribution < -0.4 is 10.6 Å². The zero-order valence-electron chi connectivity index (χ0n) is 15.5. The first-order valence-corrected chi connectivity index (χ1v) is 9.51. The largest absolute Gasteiger partial charge is 0.385 e. The van der Waals surface area contributed by atoms with Crippen molar-refractivity contribution in [3.63, 3.8) is 0 Å². The molecule has 0 amide bonds. The van der Waals surface area contributed by atoms with Gasteiger partial charge in [-0.25, -0.2) is 0 Å². The molecular formula is C22H26N2O2. The third-order valence-corrected chi connectivity index (χ3v) is 4.73. The minimum Gasteiger partial charge on any atom is -0.385 e. The molecule has 0 aromatic heterocycles. The van der Waals surface area contributed by atoms with Gasteiger partial charge in [0.15, 0.2) is 11.6 Å². The van der Waals surface area contributed by atoms with E-state index in [1.165, 1.54) is 0 Å². The molecule has 2 N–H and O–H groups in total. The van der Waals surface area contributed by atoms with E-state index in [-0.39, 0.29) is 11.6 Å². The summed E-state index contributed by atoms with van der Waals surface area (Å²) < 4.78 is 0. The second-order valence-corrected chi connectivity index (χ2v) is 6.71. The van der Waals surface area contributed by atoms with E-state index in [9.17, 15) is 9.59 Å². The van der Waals surface area contributed by atoms with Crippen molar-refractivity contribution < 1.29 is 9.59 Å². The van der Waals surface area contributed by atoms with Crippen LogP contribution in [0.4, 0.5) is 11.4 Å². The van der Waals surface area contributed by atoms with Crippen molar-refractivity contribution in [2.24, 2.45) is 0 Å². The standard InChI is InChI=1S/C22H26N2O2/c1-3-5-11-23-15-13-18-20(19(14-15)24-12-6-4-2)22(26)17-10-8-7-9-16(17)21(18)25/h7-10,13-14,23-24H,3-6,11-12H2,1-2H3. The van der Waals surface area contributed by atoms with Crippen LogP contribution in [0.3, 0.4) is 0 Å². The first kappa shape index (κ1) is 18.2. The van der Waals surface area contributed by atoms with Crippen molar-refractivity contribution in [3.8, 4) is 0 Å². The van der Waals surface area contributed by atoms with Gasteiger partial charge in [-0.2, -0.15) is 0 Å². The number of carbonyl (C=O) groups is 2. The average Bonchev–Trinajstić information content (AvgIpc) is 2.66. The van der Waals surface area contributed by atoms with E-state index in [0.29, 0.717) is 22.3 Å². The average molecular weight is 350 g/mol. The molecule has 2 aromatic carbocycles. The number of hydrogen-bond donors (Lipinski definition) is 2. The third-order valence-electron chi connectivity index (χ3n) is 4.73. The minimum absolute atomic E-state index is 0.0747. The van der Waals surface area contributed by atoms with E-state index in [1.54, 1.807) is 24.3 Å². The SMILES string of the molecule is CCCCNc1cc(NCCCC)c2c(c1)C(=O)c1ccccc1C2=O. The molecule has 136 valence electrons. The van der Waals surface area contributed by atoms with Gasteiger partial charge in [-0.05, 0) is 25.0 Å². The number of nitrogens with one attached hydrogen (secondary N) is 2. The molecule has 0 heterocycles. The molecule has 0 saturated carbocycles. The smallest absolute Gasteiger partial charge is 0.196 e. The van der Waals surface area contributed by atoms with E-state index in [1.807, 2.05) is 12.1 Å². The van der Waals surface area contributed by atoms with Crippen LogP contribution in [0.1, 0.15) is 71.4 Å². The van der Waals surface area contributed by atoms with Crippen molar-refractivity contribution in [3.05, 3.63) is 58.7 Å². The fraction of sp³-hybridized carbons (Fsp3) is 0.364. The molecule has 0 bridgehead atoms. The second kappa shape index (κ2) is 8.17. The van der Waals surface area contributed by atoms with Gasteiger partial charge in [0.05, 0.1) is 5.56 Å². The number of unbranched alkanes of at least 4 members (excludes halogenated alkanes) is 2. The number of ketones is 2. The molecule has 2 aromatic rings. The van der Waals surface area contributed by atoms with Gasteiger partial charge in [-0.1, -0.05) is 51.0 Å². The van der Waals surface area contributed by atoms with Crippen LogP contribution in [0.25, 0.3) is 0 Å². The zero-order valence-corrected chi connectivity index (χ0v) is 15.5. The lowest BCUT2D eigenvalue weighted by Gasteiger charge is -2.22. The lowest BCUT2D eigenvalue weighted by molar-refractivity contribution is 0.0979. The van der Waals surface area contributed by atoms with Crippen LogP contribution in [0.5, 0.6) is 0 Å². The molecule has 0 saturated heterocycles. The number of rotatable bonds is 8. The van der Waals surface area contributed by atoms with Crippen LogP contribution >= 0.6 is 0 Å². The quantitative estimate of drug-likeness (QED) is 0.568. The summed E-state index contributed by atoms with van der Waals surface area (Å²) in [5, 5.41) is 6.76. The molecule has 0 unspecified atom stereocenters. The van der Waals surface area contributed by atoms with Crippen molar-refractivity contribution in [2.45, 2.75) is 39.5 Å². The molecule has 3 rings (SSSR count). The number of carbonyl (C=O) groups excluding carboxylic acids is 2. The van der Waals surface area contributed by atoms with E-state index in [4.69, 9.17) is 0 Å². The fourth-order valence-corrected chi connectivity index (χ4v) is 3.28. The van der Waals surface area contributed by atoms with Gasteiger partial charge in [0.1, 0.15) is 0 Å². The van der Waals surface area contributed by atoms with E-state index >= 15 is 0 Å². The van der Waals surface area contributed by atoms with Crippen molar-refractivity contribution in [1.82, 2.24) is 0 Å². The Labute approximate surface area is 155 Å². The summed E-state index contributed by atoms with van der Waals surface area (Å²) in [6.45, 7) is 5.91. The zero-order chi connectivity index (χ0) is 18.5. The van der Waals surface area contributed by atoms with Crippen LogP contribution in [-0.2, 0) is 0 Å². The Kier molecular flexibility index (Phi) is 5.71. The number of anilines is 2. The van der Waals surface area contributed by atoms with Gasteiger partial charge in [0.25, 0.3) is 0 Å². The van der Waals surface area contributed by atoms with Crippen LogP contribution in [0.15, 0.2) is 36.4 Å². The topological polar surface area (TPSA) is 58.2 Å². The maximum atomic E-state index is 13.1. The molecule has 0 aliphatic heterocycles. The highest BCUT2D eigenvalue weighted by Crippen LogP contribution is 2.34. The first-order valence-electron chi connectivity index (χ1n) is 9.51. The maximum Gasteiger partial charge on any atom is 0.196 e. The summed E-state index contributed by atoms with van der Waals surface area (Å²) >= 11 is 0. The van der Waals surface area contributed by atoms with Crippen molar-refractivity contribution in [1.29, 1.82) is 0 Å². The molecule has 1 aliphatic carbocycles. The first-order chi connectivity index (χ1) is 12.7. The summed E-state index contributed by atoms with van der Waals surface area (Å²) in [4.78, 5) is 26.1. The molecule has 26 heavy (non-hydrogen) atoms. The molecule has 1 aliphatic rings. The van der Waals surface area contributed by atoms with Crippen molar-refractivity contribution >= 4 is 22.9 Å². The summed E-state index contributed by atoms with van der Waals surface area (Å²) in [6.07, 6.45) is 4.25. The molecule has 0 spiro atoms. The van der Waals surface area contributed by atoms with Gasteiger partial charge in [0, 0.05) is 41.2 Å². The number of hydrogen-bond acceptors (Lipinski definition) is 4. The minimum atomic E-state index is -0.0760. The normalized spacial score (nSPS) is 12.5.